The maximum absolute atomic E-state index is 12.3. The molecule has 2 N–H and O–H groups in total. The van der Waals surface area contributed by atoms with Crippen LogP contribution >= 0.6 is 0 Å². The van der Waals surface area contributed by atoms with E-state index in [1.54, 1.807) is 11.1 Å². The molecule has 1 aliphatic carbocycles. The third-order valence-corrected chi connectivity index (χ3v) is 4.30. The maximum Gasteiger partial charge on any atom is 0.317 e. The molecule has 0 saturated heterocycles. The van der Waals surface area contributed by atoms with Crippen LogP contribution in [0.3, 0.4) is 0 Å². The molecule has 0 bridgehead atoms. The highest BCUT2D eigenvalue weighted by Gasteiger charge is 2.31. The Labute approximate surface area is 142 Å². The van der Waals surface area contributed by atoms with E-state index in [9.17, 15) is 4.79 Å². The summed E-state index contributed by atoms with van der Waals surface area (Å²) in [7, 11) is 0. The number of aliphatic hydroxyl groups is 1. The molecule has 24 heavy (non-hydrogen) atoms. The van der Waals surface area contributed by atoms with Crippen LogP contribution in [0, 0.1) is 6.92 Å². The quantitative estimate of drug-likeness (QED) is 0.815. The van der Waals surface area contributed by atoms with Gasteiger partial charge in [-0.3, -0.25) is 0 Å². The Morgan fingerprint density at radius 1 is 1.42 bits per heavy atom. The average Bonchev–Trinajstić information content (AvgIpc) is 3.35. The Hall–Kier alpha value is -2.34. The number of carbonyl (C=O) groups is 1. The first-order chi connectivity index (χ1) is 11.7. The first kappa shape index (κ1) is 16.5. The lowest BCUT2D eigenvalue weighted by molar-refractivity contribution is 0.173. The van der Waals surface area contributed by atoms with Gasteiger partial charge in [-0.1, -0.05) is 24.3 Å². The van der Waals surface area contributed by atoms with Crippen LogP contribution in [-0.4, -0.2) is 44.8 Å². The van der Waals surface area contributed by atoms with E-state index in [1.165, 1.54) is 5.56 Å². The predicted octanol–water partition coefficient (Wildman–Crippen LogP) is 1.91. The second-order valence-corrected chi connectivity index (χ2v) is 6.23. The molecule has 1 saturated carbocycles. The van der Waals surface area contributed by atoms with E-state index in [2.05, 4.69) is 27.0 Å². The van der Waals surface area contributed by atoms with Crippen LogP contribution in [0.15, 0.2) is 36.7 Å². The van der Waals surface area contributed by atoms with E-state index >= 15 is 0 Å². The van der Waals surface area contributed by atoms with Crippen molar-refractivity contribution in [3.05, 3.63) is 53.6 Å². The lowest BCUT2D eigenvalue weighted by Gasteiger charge is -2.21. The molecule has 128 valence electrons. The van der Waals surface area contributed by atoms with Gasteiger partial charge in [0.25, 0.3) is 0 Å². The van der Waals surface area contributed by atoms with Crippen molar-refractivity contribution >= 4 is 6.03 Å². The van der Waals surface area contributed by atoms with Crippen molar-refractivity contribution < 1.29 is 9.90 Å². The number of amides is 2. The molecule has 0 unspecified atom stereocenters. The molecule has 2 aromatic rings. The summed E-state index contributed by atoms with van der Waals surface area (Å²) in [6.45, 7) is 3.65. The SMILES string of the molecule is Cc1nccn1Cc1cccc(CNC(=O)N(CCO)C2CC2)c1. The van der Waals surface area contributed by atoms with E-state index < -0.39 is 0 Å². The zero-order chi connectivity index (χ0) is 16.9. The third kappa shape index (κ3) is 4.14. The highest BCUT2D eigenvalue weighted by molar-refractivity contribution is 5.74. The van der Waals surface area contributed by atoms with Gasteiger partial charge in [0.1, 0.15) is 5.82 Å². The summed E-state index contributed by atoms with van der Waals surface area (Å²) in [6.07, 6.45) is 5.83. The lowest BCUT2D eigenvalue weighted by atomic mass is 10.1. The number of aryl methyl sites for hydroxylation is 1. The van der Waals surface area contributed by atoms with E-state index in [0.717, 1.165) is 30.8 Å². The predicted molar refractivity (Wildman–Crippen MR) is 91.6 cm³/mol. The number of carbonyl (C=O) groups excluding carboxylic acids is 1. The molecule has 0 aliphatic heterocycles. The van der Waals surface area contributed by atoms with Crippen LogP contribution in [0.5, 0.6) is 0 Å². The Kier molecular flexibility index (Phi) is 5.15. The Bertz CT molecular complexity index is 694. The highest BCUT2D eigenvalue weighted by Crippen LogP contribution is 2.26. The standard InChI is InChI=1S/C18H24N4O2/c1-14-19-7-8-21(14)13-16-4-2-3-15(11-16)12-20-18(24)22(9-10-23)17-5-6-17/h2-4,7-8,11,17,23H,5-6,9-10,12-13H2,1H3,(H,20,24). The number of hydrogen-bond acceptors (Lipinski definition) is 3. The van der Waals surface area contributed by atoms with Crippen LogP contribution in [0.4, 0.5) is 4.79 Å². The highest BCUT2D eigenvalue weighted by atomic mass is 16.3. The van der Waals surface area contributed by atoms with Crippen molar-refractivity contribution in [1.82, 2.24) is 19.8 Å². The fourth-order valence-electron chi connectivity index (χ4n) is 2.83. The van der Waals surface area contributed by atoms with Crippen molar-refractivity contribution in [3.8, 4) is 0 Å². The number of nitrogens with zero attached hydrogens (tertiary/aromatic N) is 3. The van der Waals surface area contributed by atoms with Gasteiger partial charge in [0.05, 0.1) is 6.61 Å². The summed E-state index contributed by atoms with van der Waals surface area (Å²) >= 11 is 0. The first-order valence-electron chi connectivity index (χ1n) is 8.38. The van der Waals surface area contributed by atoms with Gasteiger partial charge in [-0.2, -0.15) is 0 Å². The number of benzene rings is 1. The van der Waals surface area contributed by atoms with Gasteiger partial charge in [0.15, 0.2) is 0 Å². The molecule has 1 heterocycles. The van der Waals surface area contributed by atoms with E-state index in [1.807, 2.05) is 25.3 Å². The molecule has 0 atom stereocenters. The van der Waals surface area contributed by atoms with Crippen molar-refractivity contribution in [2.24, 2.45) is 0 Å². The molecular weight excluding hydrogens is 304 g/mol. The summed E-state index contributed by atoms with van der Waals surface area (Å²) in [6, 6.07) is 8.41. The van der Waals surface area contributed by atoms with Crippen molar-refractivity contribution in [2.45, 2.75) is 38.9 Å². The molecule has 3 rings (SSSR count). The van der Waals surface area contributed by atoms with Crippen LogP contribution in [0.1, 0.15) is 29.8 Å². The zero-order valence-electron chi connectivity index (χ0n) is 14.0. The fraction of sp³-hybridized carbons (Fsp3) is 0.444. The normalized spacial score (nSPS) is 13.8. The maximum atomic E-state index is 12.3. The van der Waals surface area contributed by atoms with Gasteiger partial charge in [0.2, 0.25) is 0 Å². The number of nitrogens with one attached hydrogen (secondary N) is 1. The van der Waals surface area contributed by atoms with Gasteiger partial charge >= 0.3 is 6.03 Å². The van der Waals surface area contributed by atoms with Crippen LogP contribution in [0.25, 0.3) is 0 Å². The van der Waals surface area contributed by atoms with E-state index in [-0.39, 0.29) is 12.6 Å². The molecule has 2 amide bonds. The van der Waals surface area contributed by atoms with Gasteiger partial charge in [0, 0.05) is 38.1 Å². The monoisotopic (exact) mass is 328 g/mol. The second-order valence-electron chi connectivity index (χ2n) is 6.23. The van der Waals surface area contributed by atoms with E-state index in [0.29, 0.717) is 19.1 Å². The van der Waals surface area contributed by atoms with Gasteiger partial charge in [-0.15, -0.1) is 0 Å². The fourth-order valence-corrected chi connectivity index (χ4v) is 2.83. The molecule has 0 spiro atoms. The van der Waals surface area contributed by atoms with Crippen molar-refractivity contribution in [1.29, 1.82) is 0 Å². The van der Waals surface area contributed by atoms with Gasteiger partial charge in [-0.25, -0.2) is 9.78 Å². The molecule has 0 radical (unpaired) electrons. The molecule has 1 aromatic carbocycles. The minimum Gasteiger partial charge on any atom is -0.395 e. The van der Waals surface area contributed by atoms with Crippen LogP contribution in [-0.2, 0) is 13.1 Å². The number of imidazole rings is 1. The van der Waals surface area contributed by atoms with Gasteiger partial charge in [-0.05, 0) is 30.9 Å². The molecule has 1 fully saturated rings. The zero-order valence-corrected chi connectivity index (χ0v) is 14.0. The molecular formula is C18H24N4O2. The second kappa shape index (κ2) is 7.49. The molecule has 1 aromatic heterocycles. The topological polar surface area (TPSA) is 70.4 Å². The minimum atomic E-state index is -0.0950. The molecule has 6 nitrogen and oxygen atoms in total. The van der Waals surface area contributed by atoms with Crippen molar-refractivity contribution in [3.63, 3.8) is 0 Å². The lowest BCUT2D eigenvalue weighted by Crippen LogP contribution is -2.42. The molecule has 1 aliphatic rings. The van der Waals surface area contributed by atoms with E-state index in [4.69, 9.17) is 5.11 Å². The number of urea groups is 1. The summed E-state index contributed by atoms with van der Waals surface area (Å²) in [5.41, 5.74) is 2.25. The first-order valence-corrected chi connectivity index (χ1v) is 8.38. The summed E-state index contributed by atoms with van der Waals surface area (Å²) in [5, 5.41) is 12.1. The van der Waals surface area contributed by atoms with Crippen LogP contribution in [0.2, 0.25) is 0 Å². The average molecular weight is 328 g/mol. The summed E-state index contributed by atoms with van der Waals surface area (Å²) in [5.74, 6) is 0.984. The molecule has 6 heteroatoms. The van der Waals surface area contributed by atoms with Gasteiger partial charge < -0.3 is 19.9 Å². The van der Waals surface area contributed by atoms with Crippen LogP contribution < -0.4 is 5.32 Å². The largest absolute Gasteiger partial charge is 0.395 e. The number of rotatable bonds is 7. The summed E-state index contributed by atoms with van der Waals surface area (Å²) < 4.78 is 2.09. The number of aliphatic hydroxyl groups excluding tert-OH is 1. The Morgan fingerprint density at radius 3 is 2.88 bits per heavy atom. The number of aromatic nitrogens is 2. The third-order valence-electron chi connectivity index (χ3n) is 4.30. The van der Waals surface area contributed by atoms with Crippen molar-refractivity contribution in [2.75, 3.05) is 13.2 Å². The Balaban J connectivity index is 1.58. The Morgan fingerprint density at radius 2 is 2.21 bits per heavy atom. The number of hydrogen-bond donors (Lipinski definition) is 2. The smallest absolute Gasteiger partial charge is 0.317 e. The summed E-state index contributed by atoms with van der Waals surface area (Å²) in [4.78, 5) is 18.2. The minimum absolute atomic E-state index is 0.00363.